The second-order valence-corrected chi connectivity index (χ2v) is 7.35. The minimum Gasteiger partial charge on any atom is -0.508 e. The Kier molecular flexibility index (Phi) is 4.83. The Bertz CT molecular complexity index is 1040. The van der Waals surface area contributed by atoms with Crippen LogP contribution in [-0.2, 0) is 11.8 Å². The standard InChI is InChI=1S/C23H26N2O2/c1-14(2)20-13-21(15(3)11-23(20)27)16(4)25(17(5)26)19-7-8-22-18(12-19)9-10-24(22)6/h7-14,27H,4H2,1-3,5-6H3. The normalized spacial score (nSPS) is 11.2. The summed E-state index contributed by atoms with van der Waals surface area (Å²) in [6.07, 6.45) is 2.00. The fourth-order valence-corrected chi connectivity index (χ4v) is 3.54. The summed E-state index contributed by atoms with van der Waals surface area (Å²) in [4.78, 5) is 14.1. The van der Waals surface area contributed by atoms with Crippen LogP contribution in [0.5, 0.6) is 5.75 Å². The first-order chi connectivity index (χ1) is 12.7. The van der Waals surface area contributed by atoms with E-state index in [-0.39, 0.29) is 17.6 Å². The van der Waals surface area contributed by atoms with Gasteiger partial charge in [-0.2, -0.15) is 0 Å². The molecule has 0 aliphatic rings. The van der Waals surface area contributed by atoms with Crippen LogP contribution in [0.15, 0.2) is 49.2 Å². The summed E-state index contributed by atoms with van der Waals surface area (Å²) in [5, 5.41) is 11.3. The highest BCUT2D eigenvalue weighted by Gasteiger charge is 2.20. The van der Waals surface area contributed by atoms with E-state index in [1.807, 2.05) is 68.9 Å². The number of aryl methyl sites for hydroxylation is 2. The number of carbonyl (C=O) groups is 1. The topological polar surface area (TPSA) is 45.5 Å². The lowest BCUT2D eigenvalue weighted by Gasteiger charge is -2.26. The molecule has 140 valence electrons. The number of hydrogen-bond acceptors (Lipinski definition) is 2. The maximum absolute atomic E-state index is 12.5. The van der Waals surface area contributed by atoms with Crippen molar-refractivity contribution in [3.8, 4) is 5.75 Å². The van der Waals surface area contributed by atoms with E-state index in [2.05, 4.69) is 6.58 Å². The molecule has 4 nitrogen and oxygen atoms in total. The van der Waals surface area contributed by atoms with Gasteiger partial charge in [0.25, 0.3) is 0 Å². The van der Waals surface area contributed by atoms with Crippen molar-refractivity contribution in [1.82, 2.24) is 4.57 Å². The van der Waals surface area contributed by atoms with E-state index in [9.17, 15) is 9.90 Å². The minimum absolute atomic E-state index is 0.103. The van der Waals surface area contributed by atoms with Gasteiger partial charge in [-0.15, -0.1) is 0 Å². The highest BCUT2D eigenvalue weighted by atomic mass is 16.3. The summed E-state index contributed by atoms with van der Waals surface area (Å²) >= 11 is 0. The number of rotatable bonds is 4. The van der Waals surface area contributed by atoms with Gasteiger partial charge in [-0.25, -0.2) is 0 Å². The lowest BCUT2D eigenvalue weighted by molar-refractivity contribution is -0.115. The maximum Gasteiger partial charge on any atom is 0.228 e. The number of amides is 1. The van der Waals surface area contributed by atoms with E-state index >= 15 is 0 Å². The van der Waals surface area contributed by atoms with Gasteiger partial charge in [0.1, 0.15) is 5.75 Å². The number of hydrogen-bond donors (Lipinski definition) is 1. The molecule has 0 aliphatic carbocycles. The molecule has 0 aliphatic heterocycles. The third-order valence-electron chi connectivity index (χ3n) is 5.02. The van der Waals surface area contributed by atoms with E-state index in [0.29, 0.717) is 5.70 Å². The third-order valence-corrected chi connectivity index (χ3v) is 5.02. The molecule has 4 heteroatoms. The second-order valence-electron chi connectivity index (χ2n) is 7.35. The zero-order valence-electron chi connectivity index (χ0n) is 16.6. The van der Waals surface area contributed by atoms with Crippen LogP contribution in [0.1, 0.15) is 43.4 Å². The Morgan fingerprint density at radius 1 is 1.19 bits per heavy atom. The van der Waals surface area contributed by atoms with Crippen LogP contribution in [0.4, 0.5) is 5.69 Å². The molecule has 0 saturated carbocycles. The van der Waals surface area contributed by atoms with Crippen molar-refractivity contribution in [2.45, 2.75) is 33.6 Å². The minimum atomic E-state index is -0.103. The second kappa shape index (κ2) is 6.95. The van der Waals surface area contributed by atoms with Crippen LogP contribution < -0.4 is 4.90 Å². The number of anilines is 1. The molecule has 3 rings (SSSR count). The van der Waals surface area contributed by atoms with E-state index in [4.69, 9.17) is 0 Å². The van der Waals surface area contributed by atoms with Gasteiger partial charge in [-0.3, -0.25) is 9.69 Å². The highest BCUT2D eigenvalue weighted by molar-refractivity contribution is 6.06. The Labute approximate surface area is 160 Å². The average molecular weight is 362 g/mol. The molecule has 0 spiro atoms. The smallest absolute Gasteiger partial charge is 0.228 e. The third kappa shape index (κ3) is 3.35. The number of carbonyl (C=O) groups excluding carboxylic acids is 1. The van der Waals surface area contributed by atoms with Crippen LogP contribution >= 0.6 is 0 Å². The molecular weight excluding hydrogens is 336 g/mol. The van der Waals surface area contributed by atoms with Gasteiger partial charge in [0.05, 0.1) is 0 Å². The number of fused-ring (bicyclic) bond motifs is 1. The van der Waals surface area contributed by atoms with Gasteiger partial charge in [0, 0.05) is 48.0 Å². The molecule has 1 heterocycles. The fourth-order valence-electron chi connectivity index (χ4n) is 3.54. The Morgan fingerprint density at radius 3 is 2.52 bits per heavy atom. The maximum atomic E-state index is 12.5. The molecule has 1 aromatic heterocycles. The highest BCUT2D eigenvalue weighted by Crippen LogP contribution is 2.35. The number of benzene rings is 2. The van der Waals surface area contributed by atoms with Crippen molar-refractivity contribution >= 4 is 28.2 Å². The van der Waals surface area contributed by atoms with Crippen LogP contribution in [0, 0.1) is 6.92 Å². The first-order valence-corrected chi connectivity index (χ1v) is 9.09. The predicted octanol–water partition coefficient (Wildman–Crippen LogP) is 5.34. The number of phenolic OH excluding ortho intramolecular Hbond substituents is 1. The molecule has 1 N–H and O–H groups in total. The predicted molar refractivity (Wildman–Crippen MR) is 112 cm³/mol. The van der Waals surface area contributed by atoms with Gasteiger partial charge in [0.2, 0.25) is 5.91 Å². The van der Waals surface area contributed by atoms with Gasteiger partial charge < -0.3 is 9.67 Å². The van der Waals surface area contributed by atoms with Crippen LogP contribution in [-0.4, -0.2) is 15.6 Å². The summed E-state index contributed by atoms with van der Waals surface area (Å²) in [7, 11) is 2.00. The fraction of sp³-hybridized carbons (Fsp3) is 0.261. The first kappa shape index (κ1) is 18.8. The zero-order chi connectivity index (χ0) is 19.9. The molecule has 0 unspecified atom stereocenters. The molecule has 1 amide bonds. The lowest BCUT2D eigenvalue weighted by atomic mass is 9.95. The summed E-state index contributed by atoms with van der Waals surface area (Å²) in [5.41, 5.74) is 5.09. The van der Waals surface area contributed by atoms with Crippen molar-refractivity contribution in [2.24, 2.45) is 7.05 Å². The Morgan fingerprint density at radius 2 is 1.89 bits per heavy atom. The molecular formula is C23H26N2O2. The van der Waals surface area contributed by atoms with Gasteiger partial charge in [-0.1, -0.05) is 20.4 Å². The van der Waals surface area contributed by atoms with Gasteiger partial charge >= 0.3 is 0 Å². The molecule has 3 aromatic rings. The van der Waals surface area contributed by atoms with Crippen LogP contribution in [0.25, 0.3) is 16.6 Å². The monoisotopic (exact) mass is 362 g/mol. The molecule has 27 heavy (non-hydrogen) atoms. The average Bonchev–Trinajstić information content (AvgIpc) is 2.95. The van der Waals surface area contributed by atoms with E-state index < -0.39 is 0 Å². The van der Waals surface area contributed by atoms with Crippen molar-refractivity contribution in [1.29, 1.82) is 0 Å². The van der Waals surface area contributed by atoms with Gasteiger partial charge in [0.15, 0.2) is 0 Å². The molecule has 0 fully saturated rings. The van der Waals surface area contributed by atoms with Crippen molar-refractivity contribution in [3.05, 3.63) is 65.9 Å². The van der Waals surface area contributed by atoms with E-state index in [0.717, 1.165) is 33.3 Å². The molecule has 0 atom stereocenters. The van der Waals surface area contributed by atoms with Crippen molar-refractivity contribution < 1.29 is 9.90 Å². The van der Waals surface area contributed by atoms with Crippen LogP contribution in [0.3, 0.4) is 0 Å². The molecule has 0 bridgehead atoms. The Hall–Kier alpha value is -3.01. The number of phenols is 1. The van der Waals surface area contributed by atoms with E-state index in [1.165, 1.54) is 0 Å². The Balaban J connectivity index is 2.10. The summed E-state index contributed by atoms with van der Waals surface area (Å²) in [6, 6.07) is 11.7. The molecule has 0 saturated heterocycles. The van der Waals surface area contributed by atoms with E-state index in [1.54, 1.807) is 17.9 Å². The van der Waals surface area contributed by atoms with Gasteiger partial charge in [-0.05, 0) is 60.4 Å². The first-order valence-electron chi connectivity index (χ1n) is 9.09. The summed E-state index contributed by atoms with van der Waals surface area (Å²) < 4.78 is 2.05. The SMILES string of the molecule is C=C(c1cc(C(C)C)c(O)cc1C)N(C(C)=O)c1ccc2c(ccn2C)c1. The van der Waals surface area contributed by atoms with Crippen LogP contribution in [0.2, 0.25) is 0 Å². The summed E-state index contributed by atoms with van der Waals surface area (Å²) in [6.45, 7) is 11.7. The lowest BCUT2D eigenvalue weighted by Crippen LogP contribution is -2.26. The van der Waals surface area contributed by atoms with Crippen molar-refractivity contribution in [3.63, 3.8) is 0 Å². The molecule has 0 radical (unpaired) electrons. The molecule has 2 aromatic carbocycles. The number of nitrogens with zero attached hydrogens (tertiary/aromatic N) is 2. The summed E-state index contributed by atoms with van der Waals surface area (Å²) in [5.74, 6) is 0.344. The number of aromatic nitrogens is 1. The number of aromatic hydroxyl groups is 1. The van der Waals surface area contributed by atoms with Crippen molar-refractivity contribution in [2.75, 3.05) is 4.90 Å². The zero-order valence-corrected chi connectivity index (χ0v) is 16.6. The quantitative estimate of drug-likeness (QED) is 0.681. The largest absolute Gasteiger partial charge is 0.508 e.